The highest BCUT2D eigenvalue weighted by Gasteiger charge is 2.35. The summed E-state index contributed by atoms with van der Waals surface area (Å²) in [4.78, 5) is 12.1. The Labute approximate surface area is 154 Å². The smallest absolute Gasteiger partial charge is 0.309 e. The molecule has 0 N–H and O–H groups in total. The molecule has 1 aliphatic heterocycles. The molecular weight excluding hydrogens is 357 g/mol. The Hall–Kier alpha value is -1.47. The second-order valence-electron chi connectivity index (χ2n) is 7.44. The Morgan fingerprint density at radius 2 is 1.85 bits per heavy atom. The van der Waals surface area contributed by atoms with Gasteiger partial charge >= 0.3 is 5.97 Å². The zero-order valence-corrected chi connectivity index (χ0v) is 15.9. The number of hydrogen-bond donors (Lipinski definition) is 0. The van der Waals surface area contributed by atoms with E-state index in [4.69, 9.17) is 4.74 Å². The van der Waals surface area contributed by atoms with E-state index < -0.39 is 15.8 Å². The van der Waals surface area contributed by atoms with Gasteiger partial charge in [0.15, 0.2) is 0 Å². The van der Waals surface area contributed by atoms with Crippen molar-refractivity contribution in [1.82, 2.24) is 4.31 Å². The quantitative estimate of drug-likeness (QED) is 0.748. The maximum atomic E-state index is 13.9. The summed E-state index contributed by atoms with van der Waals surface area (Å²) >= 11 is 0. The van der Waals surface area contributed by atoms with Crippen molar-refractivity contribution in [3.05, 3.63) is 30.1 Å². The average molecular weight is 383 g/mol. The Morgan fingerprint density at radius 1 is 1.15 bits per heavy atom. The highest BCUT2D eigenvalue weighted by molar-refractivity contribution is 7.89. The lowest BCUT2D eigenvalue weighted by Gasteiger charge is -2.32. The van der Waals surface area contributed by atoms with Gasteiger partial charge < -0.3 is 4.74 Å². The van der Waals surface area contributed by atoms with Crippen molar-refractivity contribution in [1.29, 1.82) is 0 Å². The fraction of sp³-hybridized carbons (Fsp3) is 0.632. The van der Waals surface area contributed by atoms with E-state index in [9.17, 15) is 17.6 Å². The van der Waals surface area contributed by atoms with Crippen molar-refractivity contribution in [3.63, 3.8) is 0 Å². The number of rotatable bonds is 4. The monoisotopic (exact) mass is 383 g/mol. The molecule has 0 amide bonds. The topological polar surface area (TPSA) is 63.7 Å². The molecule has 0 aromatic heterocycles. The van der Waals surface area contributed by atoms with Crippen LogP contribution in [0.5, 0.6) is 0 Å². The molecule has 1 saturated carbocycles. The summed E-state index contributed by atoms with van der Waals surface area (Å²) in [5, 5.41) is 0. The minimum Gasteiger partial charge on any atom is -0.462 e. The van der Waals surface area contributed by atoms with Crippen LogP contribution in [0.25, 0.3) is 0 Å². The number of benzene rings is 1. The lowest BCUT2D eigenvalue weighted by atomic mass is 9.88. The van der Waals surface area contributed by atoms with Crippen LogP contribution in [0.4, 0.5) is 4.39 Å². The Morgan fingerprint density at radius 3 is 2.50 bits per heavy atom. The molecule has 144 valence electrons. The van der Waals surface area contributed by atoms with Gasteiger partial charge in [-0.1, -0.05) is 25.5 Å². The summed E-state index contributed by atoms with van der Waals surface area (Å²) in [6.07, 6.45) is 4.90. The molecule has 2 unspecified atom stereocenters. The number of esters is 1. The Bertz CT molecular complexity index is 744. The first kappa shape index (κ1) is 19.3. The molecular formula is C19H26FNO4S. The number of piperidine rings is 1. The summed E-state index contributed by atoms with van der Waals surface area (Å²) in [6.45, 7) is 2.58. The van der Waals surface area contributed by atoms with Gasteiger partial charge in [-0.3, -0.25) is 4.79 Å². The average Bonchev–Trinajstić information content (AvgIpc) is 2.62. The summed E-state index contributed by atoms with van der Waals surface area (Å²) < 4.78 is 46.0. The lowest BCUT2D eigenvalue weighted by Crippen LogP contribution is -2.41. The number of hydrogen-bond acceptors (Lipinski definition) is 4. The lowest BCUT2D eigenvalue weighted by molar-refractivity contribution is -0.157. The summed E-state index contributed by atoms with van der Waals surface area (Å²) in [5.74, 6) is -0.666. The van der Waals surface area contributed by atoms with Crippen LogP contribution in [-0.4, -0.2) is 37.9 Å². The normalized spacial score (nSPS) is 25.8. The second-order valence-corrected chi connectivity index (χ2v) is 9.35. The van der Waals surface area contributed by atoms with Crippen LogP contribution >= 0.6 is 0 Å². The van der Waals surface area contributed by atoms with Crippen LogP contribution < -0.4 is 0 Å². The Balaban J connectivity index is 1.57. The molecule has 2 atom stereocenters. The molecule has 0 bridgehead atoms. The van der Waals surface area contributed by atoms with Crippen molar-refractivity contribution in [3.8, 4) is 0 Å². The molecule has 5 nitrogen and oxygen atoms in total. The van der Waals surface area contributed by atoms with Gasteiger partial charge in [0.05, 0.1) is 5.92 Å². The van der Waals surface area contributed by atoms with Crippen LogP contribution in [0.2, 0.25) is 0 Å². The first-order chi connectivity index (χ1) is 12.4. The zero-order chi connectivity index (χ0) is 18.7. The van der Waals surface area contributed by atoms with Gasteiger partial charge in [0.2, 0.25) is 10.0 Å². The molecule has 1 aliphatic carbocycles. The van der Waals surface area contributed by atoms with Crippen molar-refractivity contribution in [2.24, 2.45) is 11.8 Å². The number of sulfonamides is 1. The Kier molecular flexibility index (Phi) is 5.97. The zero-order valence-electron chi connectivity index (χ0n) is 15.1. The number of ether oxygens (including phenoxy) is 1. The molecule has 7 heteroatoms. The maximum Gasteiger partial charge on any atom is 0.309 e. The third kappa shape index (κ3) is 4.26. The molecule has 0 spiro atoms. The molecule has 2 aliphatic rings. The molecule has 26 heavy (non-hydrogen) atoms. The molecule has 2 fully saturated rings. The van der Waals surface area contributed by atoms with E-state index in [2.05, 4.69) is 6.92 Å². The highest BCUT2D eigenvalue weighted by atomic mass is 32.2. The van der Waals surface area contributed by atoms with Crippen LogP contribution in [0.1, 0.15) is 45.4 Å². The fourth-order valence-electron chi connectivity index (χ4n) is 3.87. The predicted molar refractivity (Wildman–Crippen MR) is 95.4 cm³/mol. The van der Waals surface area contributed by atoms with E-state index in [-0.39, 0.29) is 36.0 Å². The largest absolute Gasteiger partial charge is 0.462 e. The van der Waals surface area contributed by atoms with E-state index >= 15 is 0 Å². The van der Waals surface area contributed by atoms with Crippen molar-refractivity contribution < 1.29 is 22.3 Å². The summed E-state index contributed by atoms with van der Waals surface area (Å²) in [6, 6.07) is 5.38. The van der Waals surface area contributed by atoms with Crippen LogP contribution in [-0.2, 0) is 19.6 Å². The highest BCUT2D eigenvalue weighted by Crippen LogP contribution is 2.29. The van der Waals surface area contributed by atoms with Gasteiger partial charge in [0.1, 0.15) is 16.8 Å². The minimum atomic E-state index is -3.87. The maximum absolute atomic E-state index is 13.9. The van der Waals surface area contributed by atoms with Gasteiger partial charge in [-0.25, -0.2) is 12.8 Å². The van der Waals surface area contributed by atoms with Gasteiger partial charge in [-0.15, -0.1) is 0 Å². The van der Waals surface area contributed by atoms with E-state index in [1.54, 1.807) is 0 Å². The third-order valence-corrected chi connectivity index (χ3v) is 7.34. The SMILES string of the molecule is CC1CCCC(OC(=O)C2CCN(S(=O)(=O)c3ccccc3F)CC2)C1. The standard InChI is InChI=1S/C19H26FNO4S/c1-14-5-4-6-16(13-14)25-19(22)15-9-11-21(12-10-15)26(23,24)18-8-3-2-7-17(18)20/h2-3,7-8,14-16H,4-6,9-13H2,1H3. The summed E-state index contributed by atoms with van der Waals surface area (Å²) in [5.41, 5.74) is 0. The molecule has 1 aromatic rings. The van der Waals surface area contributed by atoms with Gasteiger partial charge in [-0.2, -0.15) is 4.31 Å². The van der Waals surface area contributed by atoms with Crippen LogP contribution in [0.15, 0.2) is 29.2 Å². The molecule has 1 saturated heterocycles. The first-order valence-corrected chi connectivity index (χ1v) is 10.8. The minimum absolute atomic E-state index is 0.00794. The van der Waals surface area contributed by atoms with Crippen LogP contribution in [0, 0.1) is 17.7 Å². The van der Waals surface area contributed by atoms with E-state index in [0.717, 1.165) is 25.3 Å². The number of carbonyl (C=O) groups is 1. The van der Waals surface area contributed by atoms with Gasteiger partial charge in [0.25, 0.3) is 0 Å². The van der Waals surface area contributed by atoms with Gasteiger partial charge in [0, 0.05) is 13.1 Å². The molecule has 0 radical (unpaired) electrons. The fourth-order valence-corrected chi connectivity index (χ4v) is 5.41. The first-order valence-electron chi connectivity index (χ1n) is 9.33. The number of halogens is 1. The number of carbonyl (C=O) groups excluding carboxylic acids is 1. The van der Waals surface area contributed by atoms with E-state index in [0.29, 0.717) is 18.8 Å². The number of nitrogens with zero attached hydrogens (tertiary/aromatic N) is 1. The van der Waals surface area contributed by atoms with Crippen molar-refractivity contribution in [2.75, 3.05) is 13.1 Å². The van der Waals surface area contributed by atoms with Crippen LogP contribution in [0.3, 0.4) is 0 Å². The molecule has 3 rings (SSSR count). The van der Waals surface area contributed by atoms with Crippen molar-refractivity contribution in [2.45, 2.75) is 56.4 Å². The molecule has 1 aromatic carbocycles. The van der Waals surface area contributed by atoms with E-state index in [1.165, 1.54) is 28.9 Å². The van der Waals surface area contributed by atoms with E-state index in [1.807, 2.05) is 0 Å². The summed E-state index contributed by atoms with van der Waals surface area (Å²) in [7, 11) is -3.87. The van der Waals surface area contributed by atoms with Crippen molar-refractivity contribution >= 4 is 16.0 Å². The van der Waals surface area contributed by atoms with Gasteiger partial charge in [-0.05, 0) is 50.2 Å². The second kappa shape index (κ2) is 8.05. The molecule has 1 heterocycles. The third-order valence-electron chi connectivity index (χ3n) is 5.41. The predicted octanol–water partition coefficient (Wildman–Crippen LogP) is 3.35.